The van der Waals surface area contributed by atoms with Crippen molar-refractivity contribution in [3.63, 3.8) is 0 Å². The number of carbonyl (C=O) groups is 2. The van der Waals surface area contributed by atoms with Gasteiger partial charge in [-0.05, 0) is 32.1 Å². The van der Waals surface area contributed by atoms with Gasteiger partial charge in [-0.15, -0.1) is 0 Å². The van der Waals surface area contributed by atoms with Crippen LogP contribution in [0.5, 0.6) is 0 Å². The summed E-state index contributed by atoms with van der Waals surface area (Å²) in [7, 11) is 0. The SMILES string of the molecule is CCOC(=O)C(CC(C)CO)(C(=O)OCC)C(C)C. The molecule has 0 spiro atoms. The third kappa shape index (κ3) is 4.20. The molecule has 0 bridgehead atoms. The van der Waals surface area contributed by atoms with Crippen LogP contribution in [0.25, 0.3) is 0 Å². The molecule has 0 aromatic carbocycles. The fraction of sp³-hybridized carbons (Fsp3) is 0.857. The van der Waals surface area contributed by atoms with Crippen LogP contribution in [0.1, 0.15) is 41.0 Å². The van der Waals surface area contributed by atoms with Crippen LogP contribution in [0.2, 0.25) is 0 Å². The molecule has 0 aliphatic rings. The molecule has 0 aromatic rings. The molecule has 5 nitrogen and oxygen atoms in total. The van der Waals surface area contributed by atoms with Crippen LogP contribution in [0.3, 0.4) is 0 Å². The zero-order valence-corrected chi connectivity index (χ0v) is 12.6. The monoisotopic (exact) mass is 274 g/mol. The molecule has 0 saturated heterocycles. The first-order chi connectivity index (χ1) is 8.86. The van der Waals surface area contributed by atoms with Gasteiger partial charge in [0.25, 0.3) is 0 Å². The lowest BCUT2D eigenvalue weighted by molar-refractivity contribution is -0.178. The molecule has 0 heterocycles. The predicted octanol–water partition coefficient (Wildman–Crippen LogP) is 1.77. The molecule has 0 amide bonds. The minimum atomic E-state index is -1.34. The van der Waals surface area contributed by atoms with E-state index in [-0.39, 0.29) is 38.1 Å². The molecule has 19 heavy (non-hydrogen) atoms. The van der Waals surface area contributed by atoms with Crippen LogP contribution in [0.15, 0.2) is 0 Å². The largest absolute Gasteiger partial charge is 0.465 e. The molecular formula is C14H26O5. The van der Waals surface area contributed by atoms with E-state index in [1.165, 1.54) is 0 Å². The molecule has 1 unspecified atom stereocenters. The number of hydrogen-bond donors (Lipinski definition) is 1. The summed E-state index contributed by atoms with van der Waals surface area (Å²) >= 11 is 0. The van der Waals surface area contributed by atoms with Gasteiger partial charge in [-0.25, -0.2) is 0 Å². The molecule has 0 aliphatic carbocycles. The molecule has 0 rings (SSSR count). The van der Waals surface area contributed by atoms with Crippen molar-refractivity contribution in [2.45, 2.75) is 41.0 Å². The normalized spacial score (nSPS) is 13.2. The van der Waals surface area contributed by atoms with E-state index in [2.05, 4.69) is 0 Å². The second-order valence-electron chi connectivity index (χ2n) is 5.06. The van der Waals surface area contributed by atoms with Crippen LogP contribution >= 0.6 is 0 Å². The highest BCUT2D eigenvalue weighted by atomic mass is 16.6. The summed E-state index contributed by atoms with van der Waals surface area (Å²) in [6.07, 6.45) is 0.221. The Balaban J connectivity index is 5.46. The van der Waals surface area contributed by atoms with E-state index >= 15 is 0 Å². The Morgan fingerprint density at radius 1 is 1.05 bits per heavy atom. The molecule has 0 radical (unpaired) electrons. The fourth-order valence-corrected chi connectivity index (χ4v) is 2.09. The average molecular weight is 274 g/mol. The van der Waals surface area contributed by atoms with Crippen molar-refractivity contribution in [2.75, 3.05) is 19.8 Å². The number of esters is 2. The van der Waals surface area contributed by atoms with Crippen LogP contribution in [-0.4, -0.2) is 36.9 Å². The van der Waals surface area contributed by atoms with Gasteiger partial charge in [0.2, 0.25) is 0 Å². The maximum absolute atomic E-state index is 12.3. The smallest absolute Gasteiger partial charge is 0.323 e. The highest BCUT2D eigenvalue weighted by Gasteiger charge is 2.52. The van der Waals surface area contributed by atoms with E-state index in [1.807, 2.05) is 0 Å². The van der Waals surface area contributed by atoms with Gasteiger partial charge in [-0.1, -0.05) is 20.8 Å². The van der Waals surface area contributed by atoms with E-state index in [4.69, 9.17) is 9.47 Å². The van der Waals surface area contributed by atoms with E-state index in [9.17, 15) is 14.7 Å². The summed E-state index contributed by atoms with van der Waals surface area (Å²) < 4.78 is 10.1. The molecule has 0 aromatic heterocycles. The minimum Gasteiger partial charge on any atom is -0.465 e. The van der Waals surface area contributed by atoms with Crippen molar-refractivity contribution in [1.82, 2.24) is 0 Å². The van der Waals surface area contributed by atoms with Crippen molar-refractivity contribution in [2.24, 2.45) is 17.3 Å². The summed E-state index contributed by atoms with van der Waals surface area (Å²) in [6, 6.07) is 0. The molecule has 0 aliphatic heterocycles. The third-order valence-corrected chi connectivity index (χ3v) is 3.25. The van der Waals surface area contributed by atoms with Gasteiger partial charge in [0, 0.05) is 6.61 Å². The molecule has 1 atom stereocenters. The van der Waals surface area contributed by atoms with Crippen LogP contribution in [0, 0.1) is 17.3 Å². The molecule has 0 fully saturated rings. The highest BCUT2D eigenvalue weighted by Crippen LogP contribution is 2.37. The Labute approximate surface area is 115 Å². The minimum absolute atomic E-state index is 0.0900. The summed E-state index contributed by atoms with van der Waals surface area (Å²) in [6.45, 7) is 9.09. The molecular weight excluding hydrogens is 248 g/mol. The lowest BCUT2D eigenvalue weighted by atomic mass is 9.71. The topological polar surface area (TPSA) is 72.8 Å². The van der Waals surface area contributed by atoms with Gasteiger partial charge in [0.15, 0.2) is 5.41 Å². The quantitative estimate of drug-likeness (QED) is 0.539. The van der Waals surface area contributed by atoms with Crippen molar-refractivity contribution >= 4 is 11.9 Å². The molecule has 1 N–H and O–H groups in total. The standard InChI is InChI=1S/C14H26O5/c1-6-18-12(16)14(10(3)4,8-11(5)9-15)13(17)19-7-2/h10-11,15H,6-9H2,1-5H3. The maximum atomic E-state index is 12.3. The van der Waals surface area contributed by atoms with E-state index in [1.54, 1.807) is 34.6 Å². The van der Waals surface area contributed by atoms with E-state index in [0.717, 1.165) is 0 Å². The number of ether oxygens (including phenoxy) is 2. The number of rotatable bonds is 8. The van der Waals surface area contributed by atoms with Crippen molar-refractivity contribution in [3.8, 4) is 0 Å². The number of carbonyl (C=O) groups excluding carboxylic acids is 2. The lowest BCUT2D eigenvalue weighted by Crippen LogP contribution is -2.47. The predicted molar refractivity (Wildman–Crippen MR) is 71.4 cm³/mol. The summed E-state index contributed by atoms with van der Waals surface area (Å²) in [5.74, 6) is -1.58. The average Bonchev–Trinajstić information content (AvgIpc) is 2.35. The highest BCUT2D eigenvalue weighted by molar-refractivity contribution is 6.00. The summed E-state index contributed by atoms with van der Waals surface area (Å²) in [4.78, 5) is 24.5. The van der Waals surface area contributed by atoms with Gasteiger partial charge >= 0.3 is 11.9 Å². The zero-order chi connectivity index (χ0) is 15.1. The Morgan fingerprint density at radius 3 is 1.74 bits per heavy atom. The Hall–Kier alpha value is -1.10. The van der Waals surface area contributed by atoms with Gasteiger partial charge in [-0.3, -0.25) is 9.59 Å². The van der Waals surface area contributed by atoms with Crippen LogP contribution in [-0.2, 0) is 19.1 Å². The first kappa shape index (κ1) is 17.9. The second-order valence-corrected chi connectivity index (χ2v) is 5.06. The zero-order valence-electron chi connectivity index (χ0n) is 12.6. The maximum Gasteiger partial charge on any atom is 0.323 e. The van der Waals surface area contributed by atoms with Crippen LogP contribution in [0.4, 0.5) is 0 Å². The number of aliphatic hydroxyl groups is 1. The van der Waals surface area contributed by atoms with Gasteiger partial charge < -0.3 is 14.6 Å². The van der Waals surface area contributed by atoms with Gasteiger partial charge in [0.1, 0.15) is 0 Å². The Kier molecular flexibility index (Phi) is 7.68. The van der Waals surface area contributed by atoms with Gasteiger partial charge in [-0.2, -0.15) is 0 Å². The first-order valence-electron chi connectivity index (χ1n) is 6.82. The van der Waals surface area contributed by atoms with Gasteiger partial charge in [0.05, 0.1) is 13.2 Å². The number of hydrogen-bond acceptors (Lipinski definition) is 5. The molecule has 0 saturated carbocycles. The van der Waals surface area contributed by atoms with Crippen molar-refractivity contribution < 1.29 is 24.2 Å². The number of aliphatic hydroxyl groups excluding tert-OH is 1. The van der Waals surface area contributed by atoms with E-state index < -0.39 is 17.4 Å². The second kappa shape index (κ2) is 8.15. The Bertz CT molecular complexity index is 280. The fourth-order valence-electron chi connectivity index (χ4n) is 2.09. The van der Waals surface area contributed by atoms with Crippen LogP contribution < -0.4 is 0 Å². The Morgan fingerprint density at radius 2 is 1.47 bits per heavy atom. The summed E-state index contributed by atoms with van der Waals surface area (Å²) in [5.41, 5.74) is -1.34. The van der Waals surface area contributed by atoms with Crippen molar-refractivity contribution in [3.05, 3.63) is 0 Å². The summed E-state index contributed by atoms with van der Waals surface area (Å²) in [5, 5.41) is 9.20. The third-order valence-electron chi connectivity index (χ3n) is 3.25. The lowest BCUT2D eigenvalue weighted by Gasteiger charge is -2.34. The van der Waals surface area contributed by atoms with Crippen molar-refractivity contribution in [1.29, 1.82) is 0 Å². The van der Waals surface area contributed by atoms with E-state index in [0.29, 0.717) is 0 Å². The molecule has 112 valence electrons. The molecule has 5 heteroatoms. The first-order valence-corrected chi connectivity index (χ1v) is 6.82.